The van der Waals surface area contributed by atoms with Crippen molar-refractivity contribution in [1.82, 2.24) is 9.88 Å². The van der Waals surface area contributed by atoms with Gasteiger partial charge in [-0.3, -0.25) is 9.88 Å². The van der Waals surface area contributed by atoms with Gasteiger partial charge < -0.3 is 4.74 Å². The molecule has 0 spiro atoms. The average Bonchev–Trinajstić information content (AvgIpc) is 3.14. The summed E-state index contributed by atoms with van der Waals surface area (Å²) < 4.78 is 6.16. The summed E-state index contributed by atoms with van der Waals surface area (Å²) in [5, 5.41) is 0. The first kappa shape index (κ1) is 20.3. The largest absolute Gasteiger partial charge is 0.493 e. The second-order valence-electron chi connectivity index (χ2n) is 9.50. The van der Waals surface area contributed by atoms with Crippen molar-refractivity contribution in [1.29, 1.82) is 0 Å². The van der Waals surface area contributed by atoms with Crippen LogP contribution in [0.3, 0.4) is 0 Å². The van der Waals surface area contributed by atoms with Crippen LogP contribution in [0.4, 0.5) is 0 Å². The van der Waals surface area contributed by atoms with Gasteiger partial charge in [-0.05, 0) is 95.8 Å². The van der Waals surface area contributed by atoms with E-state index in [0.29, 0.717) is 6.61 Å². The van der Waals surface area contributed by atoms with Crippen LogP contribution in [0.15, 0.2) is 54.9 Å². The molecule has 0 saturated heterocycles. The Labute approximate surface area is 186 Å². The van der Waals surface area contributed by atoms with E-state index in [-0.39, 0.29) is 0 Å². The van der Waals surface area contributed by atoms with Gasteiger partial charge in [0, 0.05) is 37.9 Å². The first-order chi connectivity index (χ1) is 15.1. The van der Waals surface area contributed by atoms with Crippen molar-refractivity contribution >= 4 is 0 Å². The van der Waals surface area contributed by atoms with Gasteiger partial charge in [0.15, 0.2) is 0 Å². The number of fused-ring (bicyclic) bond motifs is 1. The van der Waals surface area contributed by atoms with Crippen molar-refractivity contribution in [3.63, 3.8) is 0 Å². The van der Waals surface area contributed by atoms with Crippen LogP contribution in [-0.4, -0.2) is 22.5 Å². The molecule has 3 aromatic rings. The highest BCUT2D eigenvalue weighted by Crippen LogP contribution is 2.37. The number of aryl methyl sites for hydroxylation is 2. The summed E-state index contributed by atoms with van der Waals surface area (Å²) in [5.41, 5.74) is 9.43. The Morgan fingerprint density at radius 3 is 2.35 bits per heavy atom. The van der Waals surface area contributed by atoms with Crippen molar-refractivity contribution in [3.8, 4) is 16.9 Å². The normalized spacial score (nSPS) is 20.4. The lowest BCUT2D eigenvalue weighted by Gasteiger charge is -2.39. The molecule has 0 atom stereocenters. The fourth-order valence-electron chi connectivity index (χ4n) is 5.36. The Kier molecular flexibility index (Phi) is 5.54. The molecule has 31 heavy (non-hydrogen) atoms. The summed E-state index contributed by atoms with van der Waals surface area (Å²) in [6.45, 7) is 9.65. The van der Waals surface area contributed by atoms with E-state index >= 15 is 0 Å². The number of hydrogen-bond acceptors (Lipinski definition) is 3. The number of rotatable bonds is 6. The minimum atomic E-state index is 0.704. The molecule has 5 rings (SSSR count). The molecule has 160 valence electrons. The van der Waals surface area contributed by atoms with Crippen LogP contribution in [0.5, 0.6) is 5.75 Å². The fraction of sp³-hybridized carbons (Fsp3) is 0.393. The highest BCUT2D eigenvalue weighted by atomic mass is 16.5. The van der Waals surface area contributed by atoms with E-state index in [1.54, 1.807) is 0 Å². The topological polar surface area (TPSA) is 25.4 Å². The van der Waals surface area contributed by atoms with Gasteiger partial charge in [0.2, 0.25) is 0 Å². The second-order valence-corrected chi connectivity index (χ2v) is 9.50. The number of benzene rings is 2. The molecule has 1 aromatic heterocycles. The SMILES string of the molecule is Cc1cc(CCOc2ccc3c(c2)CN([C@H]2C[C@H](C)C2)C3)cc(C)c1-c1ccncc1. The third kappa shape index (κ3) is 4.24. The third-order valence-electron chi connectivity index (χ3n) is 7.01. The number of ether oxygens (including phenoxy) is 1. The van der Waals surface area contributed by atoms with E-state index in [9.17, 15) is 0 Å². The first-order valence-corrected chi connectivity index (χ1v) is 11.6. The summed E-state index contributed by atoms with van der Waals surface area (Å²) in [7, 11) is 0. The lowest BCUT2D eigenvalue weighted by molar-refractivity contribution is 0.0842. The predicted molar refractivity (Wildman–Crippen MR) is 126 cm³/mol. The van der Waals surface area contributed by atoms with Gasteiger partial charge in [-0.1, -0.05) is 25.1 Å². The van der Waals surface area contributed by atoms with Crippen LogP contribution in [0.25, 0.3) is 11.1 Å². The first-order valence-electron chi connectivity index (χ1n) is 11.6. The fourth-order valence-corrected chi connectivity index (χ4v) is 5.36. The third-order valence-corrected chi connectivity index (χ3v) is 7.01. The van der Waals surface area contributed by atoms with Gasteiger partial charge in [-0.25, -0.2) is 0 Å². The summed E-state index contributed by atoms with van der Waals surface area (Å²) in [6.07, 6.45) is 7.35. The minimum Gasteiger partial charge on any atom is -0.493 e. The van der Waals surface area contributed by atoms with Crippen LogP contribution in [-0.2, 0) is 19.5 Å². The van der Waals surface area contributed by atoms with Gasteiger partial charge in [0.05, 0.1) is 6.61 Å². The van der Waals surface area contributed by atoms with Crippen molar-refractivity contribution in [2.24, 2.45) is 5.92 Å². The van der Waals surface area contributed by atoms with E-state index in [1.807, 2.05) is 12.4 Å². The van der Waals surface area contributed by atoms with Crippen LogP contribution in [0.2, 0.25) is 0 Å². The van der Waals surface area contributed by atoms with Crippen molar-refractivity contribution in [2.45, 2.75) is 59.2 Å². The van der Waals surface area contributed by atoms with Gasteiger partial charge in [-0.15, -0.1) is 0 Å². The van der Waals surface area contributed by atoms with E-state index in [4.69, 9.17) is 4.74 Å². The van der Waals surface area contributed by atoms with Crippen LogP contribution in [0.1, 0.15) is 47.6 Å². The molecule has 2 aliphatic rings. The lowest BCUT2D eigenvalue weighted by atomic mass is 9.81. The van der Waals surface area contributed by atoms with Crippen LogP contribution in [0, 0.1) is 19.8 Å². The molecule has 3 nitrogen and oxygen atoms in total. The molecule has 1 aliphatic carbocycles. The van der Waals surface area contributed by atoms with Gasteiger partial charge >= 0.3 is 0 Å². The van der Waals surface area contributed by atoms with Crippen molar-refractivity contribution in [2.75, 3.05) is 6.61 Å². The molecule has 2 heterocycles. The molecular weight excluding hydrogens is 380 g/mol. The molecule has 1 fully saturated rings. The molecule has 1 saturated carbocycles. The average molecular weight is 413 g/mol. The summed E-state index contributed by atoms with van der Waals surface area (Å²) in [4.78, 5) is 6.79. The molecule has 0 radical (unpaired) electrons. The summed E-state index contributed by atoms with van der Waals surface area (Å²) >= 11 is 0. The monoisotopic (exact) mass is 412 g/mol. The zero-order chi connectivity index (χ0) is 21.4. The molecule has 0 bridgehead atoms. The number of nitrogens with zero attached hydrogens (tertiary/aromatic N) is 2. The summed E-state index contributed by atoms with van der Waals surface area (Å²) in [6, 6.07) is 16.2. The number of hydrogen-bond donors (Lipinski definition) is 0. The highest BCUT2D eigenvalue weighted by molar-refractivity contribution is 5.70. The second kappa shape index (κ2) is 8.47. The number of pyridine rings is 1. The molecule has 0 N–H and O–H groups in total. The van der Waals surface area contributed by atoms with Gasteiger partial charge in [0.25, 0.3) is 0 Å². The Hall–Kier alpha value is -2.65. The maximum atomic E-state index is 6.16. The molecule has 2 aromatic carbocycles. The van der Waals surface area contributed by atoms with E-state index in [2.05, 4.69) is 73.1 Å². The van der Waals surface area contributed by atoms with Crippen LogP contribution < -0.4 is 4.74 Å². The molecule has 0 amide bonds. The molecule has 1 aliphatic heterocycles. The zero-order valence-electron chi connectivity index (χ0n) is 18.9. The van der Waals surface area contributed by atoms with E-state index in [0.717, 1.165) is 37.2 Å². The Morgan fingerprint density at radius 1 is 0.935 bits per heavy atom. The van der Waals surface area contributed by atoms with E-state index in [1.165, 1.54) is 51.8 Å². The smallest absolute Gasteiger partial charge is 0.119 e. The predicted octanol–water partition coefficient (Wildman–Crippen LogP) is 6.10. The van der Waals surface area contributed by atoms with Crippen molar-refractivity contribution < 1.29 is 4.74 Å². The Balaban J connectivity index is 1.20. The number of aromatic nitrogens is 1. The van der Waals surface area contributed by atoms with Crippen LogP contribution >= 0.6 is 0 Å². The summed E-state index contributed by atoms with van der Waals surface area (Å²) in [5.74, 6) is 1.91. The lowest BCUT2D eigenvalue weighted by Crippen LogP contribution is -2.40. The molecule has 3 heteroatoms. The Morgan fingerprint density at radius 2 is 1.65 bits per heavy atom. The van der Waals surface area contributed by atoms with Crippen molar-refractivity contribution in [3.05, 3.63) is 82.7 Å². The maximum Gasteiger partial charge on any atom is 0.119 e. The van der Waals surface area contributed by atoms with Gasteiger partial charge in [0.1, 0.15) is 5.75 Å². The van der Waals surface area contributed by atoms with E-state index < -0.39 is 0 Å². The maximum absolute atomic E-state index is 6.16. The minimum absolute atomic E-state index is 0.704. The van der Waals surface area contributed by atoms with Gasteiger partial charge in [-0.2, -0.15) is 0 Å². The molecular formula is C28H32N2O. The standard InChI is InChI=1S/C28H32N2O/c1-19-12-26(13-19)30-17-24-4-5-27(16-25(24)18-30)31-11-8-22-14-20(2)28(21(3)15-22)23-6-9-29-10-7-23/h4-7,9-10,14-16,19,26H,8,11-13,17-18H2,1-3H3/t19-,26-. The zero-order valence-corrected chi connectivity index (χ0v) is 18.9. The molecule has 0 unspecified atom stereocenters. The Bertz CT molecular complexity index is 1050. The quantitative estimate of drug-likeness (QED) is 0.489. The highest BCUT2D eigenvalue weighted by Gasteiger charge is 2.33.